The molecule has 12 heavy (non-hydrogen) atoms. The van der Waals surface area contributed by atoms with Crippen LogP contribution in [0.4, 0.5) is 4.79 Å². The van der Waals surface area contributed by atoms with E-state index >= 15 is 0 Å². The van der Waals surface area contributed by atoms with Gasteiger partial charge in [0.2, 0.25) is 5.91 Å². The van der Waals surface area contributed by atoms with Crippen molar-refractivity contribution in [2.24, 2.45) is 0 Å². The maximum absolute atomic E-state index is 10.9. The number of hydrogen-bond acceptors (Lipinski definition) is 3. The van der Waals surface area contributed by atoms with Gasteiger partial charge in [-0.05, 0) is 6.42 Å². The summed E-state index contributed by atoms with van der Waals surface area (Å²) >= 11 is 0. The standard InChI is InChI=1S/C7H14N2O3/c1-4-5-12-7(11)9(3)8-6(2)10/h4-5H2,1-3H3,(H,8,10). The van der Waals surface area contributed by atoms with E-state index < -0.39 is 6.09 Å². The minimum Gasteiger partial charge on any atom is -0.448 e. The highest BCUT2D eigenvalue weighted by atomic mass is 16.6. The highest BCUT2D eigenvalue weighted by Gasteiger charge is 2.09. The van der Waals surface area contributed by atoms with Gasteiger partial charge in [0.1, 0.15) is 0 Å². The molecule has 0 aliphatic heterocycles. The molecule has 0 aromatic rings. The van der Waals surface area contributed by atoms with E-state index in [4.69, 9.17) is 4.74 Å². The van der Waals surface area contributed by atoms with Gasteiger partial charge in [0.05, 0.1) is 6.61 Å². The first-order valence-corrected chi connectivity index (χ1v) is 3.75. The van der Waals surface area contributed by atoms with Gasteiger partial charge in [0.25, 0.3) is 0 Å². The third-order valence-electron chi connectivity index (χ3n) is 1.03. The van der Waals surface area contributed by atoms with Crippen LogP contribution in [0, 0.1) is 0 Å². The summed E-state index contributed by atoms with van der Waals surface area (Å²) in [6.07, 6.45) is 0.215. The molecule has 5 heteroatoms. The van der Waals surface area contributed by atoms with Gasteiger partial charge in [-0.1, -0.05) is 6.92 Å². The molecule has 0 saturated heterocycles. The number of hydrogen-bond donors (Lipinski definition) is 1. The molecule has 0 atom stereocenters. The fourth-order valence-electron chi connectivity index (χ4n) is 0.568. The summed E-state index contributed by atoms with van der Waals surface area (Å²) in [4.78, 5) is 21.4. The van der Waals surface area contributed by atoms with Crippen molar-refractivity contribution in [2.75, 3.05) is 13.7 Å². The molecule has 2 amide bonds. The van der Waals surface area contributed by atoms with Gasteiger partial charge < -0.3 is 4.74 Å². The van der Waals surface area contributed by atoms with Crippen molar-refractivity contribution in [3.8, 4) is 0 Å². The number of carbonyl (C=O) groups excluding carboxylic acids is 2. The van der Waals surface area contributed by atoms with E-state index in [9.17, 15) is 9.59 Å². The van der Waals surface area contributed by atoms with Crippen LogP contribution >= 0.6 is 0 Å². The van der Waals surface area contributed by atoms with Crippen LogP contribution in [-0.2, 0) is 9.53 Å². The Morgan fingerprint density at radius 1 is 1.50 bits per heavy atom. The zero-order valence-electron chi connectivity index (χ0n) is 7.59. The number of amides is 2. The van der Waals surface area contributed by atoms with Crippen molar-refractivity contribution in [2.45, 2.75) is 20.3 Å². The molecule has 0 aromatic heterocycles. The Hall–Kier alpha value is -1.26. The van der Waals surface area contributed by atoms with Crippen LogP contribution in [0.3, 0.4) is 0 Å². The lowest BCUT2D eigenvalue weighted by Gasteiger charge is -2.16. The van der Waals surface area contributed by atoms with Gasteiger partial charge >= 0.3 is 6.09 Å². The normalized spacial score (nSPS) is 8.92. The Bertz CT molecular complexity index is 170. The number of nitrogens with one attached hydrogen (secondary N) is 1. The number of hydrazine groups is 1. The molecule has 1 N–H and O–H groups in total. The van der Waals surface area contributed by atoms with Crippen LogP contribution in [0.15, 0.2) is 0 Å². The van der Waals surface area contributed by atoms with E-state index in [1.165, 1.54) is 14.0 Å². The van der Waals surface area contributed by atoms with Crippen molar-refractivity contribution in [1.82, 2.24) is 10.4 Å². The highest BCUT2D eigenvalue weighted by molar-refractivity contribution is 5.76. The molecule has 0 aliphatic carbocycles. The average molecular weight is 174 g/mol. The maximum Gasteiger partial charge on any atom is 0.428 e. The molecule has 0 aliphatic rings. The minimum atomic E-state index is -0.549. The molecule has 0 radical (unpaired) electrons. The summed E-state index contributed by atoms with van der Waals surface area (Å²) in [5.74, 6) is -0.300. The predicted molar refractivity (Wildman–Crippen MR) is 43.2 cm³/mol. The van der Waals surface area contributed by atoms with Crippen LogP contribution in [0.25, 0.3) is 0 Å². The second kappa shape index (κ2) is 5.40. The van der Waals surface area contributed by atoms with Gasteiger partial charge in [-0.3, -0.25) is 10.2 Å². The summed E-state index contributed by atoms with van der Waals surface area (Å²) in [6.45, 7) is 3.58. The van der Waals surface area contributed by atoms with E-state index in [0.717, 1.165) is 11.4 Å². The third-order valence-corrected chi connectivity index (χ3v) is 1.03. The van der Waals surface area contributed by atoms with Crippen molar-refractivity contribution in [1.29, 1.82) is 0 Å². The fourth-order valence-corrected chi connectivity index (χ4v) is 0.568. The van der Waals surface area contributed by atoms with E-state index in [1.54, 1.807) is 0 Å². The molecule has 5 nitrogen and oxygen atoms in total. The molecule has 0 aromatic carbocycles. The van der Waals surface area contributed by atoms with Crippen LogP contribution in [0.2, 0.25) is 0 Å². The molecule has 0 rings (SSSR count). The Labute approximate surface area is 71.6 Å². The molecule has 0 saturated carbocycles. The first-order chi connectivity index (χ1) is 5.57. The highest BCUT2D eigenvalue weighted by Crippen LogP contribution is 1.87. The zero-order valence-corrected chi connectivity index (χ0v) is 7.59. The van der Waals surface area contributed by atoms with Crippen LogP contribution in [0.1, 0.15) is 20.3 Å². The fraction of sp³-hybridized carbons (Fsp3) is 0.714. The second-order valence-electron chi connectivity index (χ2n) is 2.34. The first-order valence-electron chi connectivity index (χ1n) is 3.75. The Balaban J connectivity index is 3.69. The molecule has 0 heterocycles. The third kappa shape index (κ3) is 4.54. The number of ether oxygens (including phenoxy) is 1. The van der Waals surface area contributed by atoms with Crippen molar-refractivity contribution in [3.05, 3.63) is 0 Å². The van der Waals surface area contributed by atoms with Gasteiger partial charge in [-0.25, -0.2) is 9.80 Å². The van der Waals surface area contributed by atoms with Gasteiger partial charge in [-0.2, -0.15) is 0 Å². The number of nitrogens with zero attached hydrogens (tertiary/aromatic N) is 1. The predicted octanol–water partition coefficient (Wildman–Crippen LogP) is 0.516. The Morgan fingerprint density at radius 3 is 2.50 bits per heavy atom. The maximum atomic E-state index is 10.9. The summed E-state index contributed by atoms with van der Waals surface area (Å²) in [5, 5.41) is 1.01. The smallest absolute Gasteiger partial charge is 0.428 e. The minimum absolute atomic E-state index is 0.300. The topological polar surface area (TPSA) is 58.6 Å². The second-order valence-corrected chi connectivity index (χ2v) is 2.34. The molecular weight excluding hydrogens is 160 g/mol. The monoisotopic (exact) mass is 174 g/mol. The van der Waals surface area contributed by atoms with Crippen molar-refractivity contribution < 1.29 is 14.3 Å². The number of carbonyl (C=O) groups is 2. The van der Waals surface area contributed by atoms with E-state index in [2.05, 4.69) is 5.43 Å². The quantitative estimate of drug-likeness (QED) is 0.621. The molecule has 0 spiro atoms. The lowest BCUT2D eigenvalue weighted by Crippen LogP contribution is -2.42. The number of rotatable bonds is 2. The van der Waals surface area contributed by atoms with E-state index in [-0.39, 0.29) is 5.91 Å². The Morgan fingerprint density at radius 2 is 2.08 bits per heavy atom. The average Bonchev–Trinajstić information content (AvgIpc) is 1.98. The summed E-state index contributed by atoms with van der Waals surface area (Å²) < 4.78 is 4.73. The van der Waals surface area contributed by atoms with E-state index in [1.807, 2.05) is 6.92 Å². The molecule has 70 valence electrons. The van der Waals surface area contributed by atoms with Gasteiger partial charge in [-0.15, -0.1) is 0 Å². The summed E-state index contributed by atoms with van der Waals surface area (Å²) in [6, 6.07) is 0. The molecule has 0 bridgehead atoms. The van der Waals surface area contributed by atoms with Gasteiger partial charge in [0.15, 0.2) is 0 Å². The molecule has 0 fully saturated rings. The summed E-state index contributed by atoms with van der Waals surface area (Å²) in [5.41, 5.74) is 2.27. The van der Waals surface area contributed by atoms with Crippen LogP contribution < -0.4 is 5.43 Å². The van der Waals surface area contributed by atoms with Crippen molar-refractivity contribution >= 4 is 12.0 Å². The SMILES string of the molecule is CCCOC(=O)N(C)NC(C)=O. The molecular formula is C7H14N2O3. The van der Waals surface area contributed by atoms with Crippen LogP contribution in [-0.4, -0.2) is 30.7 Å². The largest absolute Gasteiger partial charge is 0.448 e. The molecule has 0 unspecified atom stereocenters. The Kier molecular flexibility index (Phi) is 4.83. The zero-order chi connectivity index (χ0) is 9.56. The lowest BCUT2D eigenvalue weighted by molar-refractivity contribution is -0.122. The van der Waals surface area contributed by atoms with Gasteiger partial charge in [0, 0.05) is 14.0 Å². The summed E-state index contributed by atoms with van der Waals surface area (Å²) in [7, 11) is 1.43. The van der Waals surface area contributed by atoms with Crippen molar-refractivity contribution in [3.63, 3.8) is 0 Å². The van der Waals surface area contributed by atoms with E-state index in [0.29, 0.717) is 6.61 Å². The first kappa shape index (κ1) is 10.7. The lowest BCUT2D eigenvalue weighted by atomic mass is 10.5. The van der Waals surface area contributed by atoms with Crippen LogP contribution in [0.5, 0.6) is 0 Å².